The molecule has 0 bridgehead atoms. The van der Waals surface area contributed by atoms with Crippen LogP contribution >= 0.6 is 0 Å². The number of fused-ring (bicyclic) bond motifs is 10. The molecule has 12 rings (SSSR count). The minimum absolute atomic E-state index is 0.581. The van der Waals surface area contributed by atoms with Crippen molar-refractivity contribution in [2.24, 2.45) is 0 Å². The summed E-state index contributed by atoms with van der Waals surface area (Å²) in [4.78, 5) is 15.3. The Bertz CT molecular complexity index is 3510. The van der Waals surface area contributed by atoms with Crippen LogP contribution in [0.3, 0.4) is 0 Å². The van der Waals surface area contributed by atoms with Gasteiger partial charge in [-0.15, -0.1) is 0 Å². The van der Waals surface area contributed by atoms with Gasteiger partial charge in [0.15, 0.2) is 11.4 Å². The molecule has 0 aliphatic rings. The third-order valence-electron chi connectivity index (χ3n) is 11.0. The van der Waals surface area contributed by atoms with Crippen LogP contribution in [0, 0.1) is 0 Å². The first-order valence-corrected chi connectivity index (χ1v) is 19.0. The van der Waals surface area contributed by atoms with Gasteiger partial charge in [0.05, 0.1) is 27.8 Å². The number of hydrogen-bond donors (Lipinski definition) is 0. The third-order valence-corrected chi connectivity index (χ3v) is 11.0. The van der Waals surface area contributed by atoms with E-state index in [2.05, 4.69) is 120 Å². The van der Waals surface area contributed by atoms with Gasteiger partial charge >= 0.3 is 0 Å². The lowest BCUT2D eigenvalue weighted by atomic mass is 9.99. The molecule has 0 fully saturated rings. The van der Waals surface area contributed by atoms with Crippen LogP contribution in [-0.4, -0.2) is 19.5 Å². The second-order valence-corrected chi connectivity index (χ2v) is 14.4. The molecule has 4 aromatic heterocycles. The average molecular weight is 731 g/mol. The van der Waals surface area contributed by atoms with Crippen molar-refractivity contribution in [3.05, 3.63) is 182 Å². The standard InChI is InChI=1S/C51H30N4O2/c1-4-12-32(13-5-1)50-52-41(30-42(53-50)35-22-24-38-37-18-10-11-19-43(37)55(44(38)29-35)36-16-8-3-9-17-36)34-21-20-31-23-26-45-47(39(31)28-34)48-46(56-45)27-25-40-49(48)57-51(54-40)33-14-6-2-7-15-33/h1-30H. The van der Waals surface area contributed by atoms with Crippen LogP contribution < -0.4 is 0 Å². The Morgan fingerprint density at radius 3 is 1.84 bits per heavy atom. The normalized spacial score (nSPS) is 11.9. The zero-order valence-electron chi connectivity index (χ0n) is 30.4. The van der Waals surface area contributed by atoms with E-state index in [1.807, 2.05) is 66.7 Å². The topological polar surface area (TPSA) is 69.9 Å². The molecule has 6 heteroatoms. The highest BCUT2D eigenvalue weighted by Crippen LogP contribution is 2.42. The molecular formula is C51H30N4O2. The van der Waals surface area contributed by atoms with E-state index in [9.17, 15) is 0 Å². The predicted octanol–water partition coefficient (Wildman–Crippen LogP) is 13.4. The maximum absolute atomic E-state index is 6.52. The number of oxazole rings is 1. The molecule has 0 N–H and O–H groups in total. The van der Waals surface area contributed by atoms with E-state index in [4.69, 9.17) is 23.8 Å². The zero-order chi connectivity index (χ0) is 37.5. The fourth-order valence-corrected chi connectivity index (χ4v) is 8.36. The lowest BCUT2D eigenvalue weighted by molar-refractivity contribution is 0.622. The Balaban J connectivity index is 1.08. The van der Waals surface area contributed by atoms with Gasteiger partial charge in [-0.05, 0) is 77.5 Å². The minimum Gasteiger partial charge on any atom is -0.456 e. The van der Waals surface area contributed by atoms with Crippen molar-refractivity contribution >= 4 is 65.6 Å². The fourth-order valence-electron chi connectivity index (χ4n) is 8.36. The average Bonchev–Trinajstić information content (AvgIpc) is 3.99. The number of benzene rings is 8. The summed E-state index contributed by atoms with van der Waals surface area (Å²) in [5, 5.41) is 6.44. The van der Waals surface area contributed by atoms with E-state index in [1.165, 1.54) is 10.8 Å². The first-order valence-electron chi connectivity index (χ1n) is 19.0. The van der Waals surface area contributed by atoms with Gasteiger partial charge in [-0.1, -0.05) is 115 Å². The largest absolute Gasteiger partial charge is 0.456 e. The second-order valence-electron chi connectivity index (χ2n) is 14.4. The highest BCUT2D eigenvalue weighted by Gasteiger charge is 2.20. The molecule has 8 aromatic carbocycles. The first kappa shape index (κ1) is 31.5. The van der Waals surface area contributed by atoms with E-state index in [0.717, 1.165) is 88.6 Å². The van der Waals surface area contributed by atoms with Crippen LogP contribution in [0.4, 0.5) is 0 Å². The molecule has 0 radical (unpaired) electrons. The van der Waals surface area contributed by atoms with E-state index in [1.54, 1.807) is 0 Å². The summed E-state index contributed by atoms with van der Waals surface area (Å²) in [5.41, 5.74) is 12.0. The molecule has 0 aliphatic carbocycles. The molecule has 0 atom stereocenters. The number of furan rings is 1. The summed E-state index contributed by atoms with van der Waals surface area (Å²) in [6, 6.07) is 62.7. The van der Waals surface area contributed by atoms with Crippen molar-refractivity contribution in [2.45, 2.75) is 0 Å². The minimum atomic E-state index is 0.581. The molecule has 12 aromatic rings. The second kappa shape index (κ2) is 12.3. The van der Waals surface area contributed by atoms with Crippen molar-refractivity contribution in [1.29, 1.82) is 0 Å². The van der Waals surface area contributed by atoms with Crippen LogP contribution in [-0.2, 0) is 0 Å². The number of nitrogens with zero attached hydrogens (tertiary/aromatic N) is 4. The lowest BCUT2D eigenvalue weighted by Gasteiger charge is -2.12. The van der Waals surface area contributed by atoms with Crippen LogP contribution in [0.5, 0.6) is 0 Å². The molecule has 0 saturated heterocycles. The zero-order valence-corrected chi connectivity index (χ0v) is 30.4. The number of aromatic nitrogens is 4. The van der Waals surface area contributed by atoms with Gasteiger partial charge in [0, 0.05) is 44.1 Å². The molecule has 0 unspecified atom stereocenters. The molecule has 0 aliphatic heterocycles. The highest BCUT2D eigenvalue weighted by molar-refractivity contribution is 6.25. The SMILES string of the molecule is c1ccc(-c2nc(-c3ccc4ccc5oc6ccc7nc(-c8ccccc8)oc7c6c5c4c3)cc(-c3ccc4c5ccccc5n(-c5ccccc5)c4c3)n2)cc1. The number of hydrogen-bond acceptors (Lipinski definition) is 5. The molecule has 6 nitrogen and oxygen atoms in total. The van der Waals surface area contributed by atoms with Crippen molar-refractivity contribution in [2.75, 3.05) is 0 Å². The van der Waals surface area contributed by atoms with Crippen molar-refractivity contribution in [1.82, 2.24) is 19.5 Å². The molecular weight excluding hydrogens is 701 g/mol. The molecule has 4 heterocycles. The monoisotopic (exact) mass is 730 g/mol. The van der Waals surface area contributed by atoms with Gasteiger partial charge in [0.1, 0.15) is 16.7 Å². The quantitative estimate of drug-likeness (QED) is 0.176. The molecule has 0 spiro atoms. The Morgan fingerprint density at radius 1 is 0.404 bits per heavy atom. The maximum Gasteiger partial charge on any atom is 0.227 e. The van der Waals surface area contributed by atoms with E-state index in [0.29, 0.717) is 17.3 Å². The summed E-state index contributed by atoms with van der Waals surface area (Å²) >= 11 is 0. The molecule has 57 heavy (non-hydrogen) atoms. The molecule has 266 valence electrons. The van der Waals surface area contributed by atoms with Crippen LogP contribution in [0.15, 0.2) is 191 Å². The smallest absolute Gasteiger partial charge is 0.227 e. The van der Waals surface area contributed by atoms with E-state index in [-0.39, 0.29) is 0 Å². The number of para-hydroxylation sites is 2. The Kier molecular flexibility index (Phi) is 6.83. The van der Waals surface area contributed by atoms with Crippen LogP contribution in [0.1, 0.15) is 0 Å². The maximum atomic E-state index is 6.52. The van der Waals surface area contributed by atoms with Crippen molar-refractivity contribution < 1.29 is 8.83 Å². The van der Waals surface area contributed by atoms with Gasteiger partial charge in [-0.3, -0.25) is 0 Å². The van der Waals surface area contributed by atoms with E-state index >= 15 is 0 Å². The van der Waals surface area contributed by atoms with Gasteiger partial charge in [0.2, 0.25) is 5.89 Å². The van der Waals surface area contributed by atoms with Gasteiger partial charge in [-0.2, -0.15) is 0 Å². The number of rotatable bonds is 5. The lowest BCUT2D eigenvalue weighted by Crippen LogP contribution is -1.97. The molecule has 0 amide bonds. The molecule has 0 saturated carbocycles. The van der Waals surface area contributed by atoms with Gasteiger partial charge < -0.3 is 13.4 Å². The third kappa shape index (κ3) is 5.01. The van der Waals surface area contributed by atoms with Crippen molar-refractivity contribution in [3.63, 3.8) is 0 Å². The Hall–Kier alpha value is -7.83. The predicted molar refractivity (Wildman–Crippen MR) is 230 cm³/mol. The summed E-state index contributed by atoms with van der Waals surface area (Å²) in [5.74, 6) is 1.24. The summed E-state index contributed by atoms with van der Waals surface area (Å²) < 4.78 is 15.3. The van der Waals surface area contributed by atoms with Crippen LogP contribution in [0.25, 0.3) is 117 Å². The van der Waals surface area contributed by atoms with Gasteiger partial charge in [-0.25, -0.2) is 15.0 Å². The highest BCUT2D eigenvalue weighted by atomic mass is 16.4. The van der Waals surface area contributed by atoms with E-state index < -0.39 is 0 Å². The Morgan fingerprint density at radius 2 is 1.04 bits per heavy atom. The van der Waals surface area contributed by atoms with Gasteiger partial charge in [0.25, 0.3) is 0 Å². The summed E-state index contributed by atoms with van der Waals surface area (Å²) in [6.07, 6.45) is 0. The first-order chi connectivity index (χ1) is 28.2. The van der Waals surface area contributed by atoms with Crippen molar-refractivity contribution in [3.8, 4) is 51.0 Å². The summed E-state index contributed by atoms with van der Waals surface area (Å²) in [7, 11) is 0. The summed E-state index contributed by atoms with van der Waals surface area (Å²) in [6.45, 7) is 0. The fraction of sp³-hybridized carbons (Fsp3) is 0. The van der Waals surface area contributed by atoms with Crippen LogP contribution in [0.2, 0.25) is 0 Å². The Labute approximate surface area is 325 Å².